The largest absolute Gasteiger partial charge is 0.462 e. The first-order valence-corrected chi connectivity index (χ1v) is 4.06. The molecule has 1 N–H and O–H groups in total. The van der Waals surface area contributed by atoms with E-state index in [0.717, 1.165) is 19.3 Å². The molecule has 0 aromatic heterocycles. The Labute approximate surface area is 66.4 Å². The van der Waals surface area contributed by atoms with Crippen molar-refractivity contribution in [3.05, 3.63) is 0 Å². The van der Waals surface area contributed by atoms with Gasteiger partial charge in [-0.25, -0.2) is 0 Å². The minimum atomic E-state index is -0.581. The zero-order valence-electron chi connectivity index (χ0n) is 6.75. The summed E-state index contributed by atoms with van der Waals surface area (Å²) < 4.78 is 5.00. The molecule has 0 aliphatic heterocycles. The van der Waals surface area contributed by atoms with Gasteiger partial charge in [-0.3, -0.25) is 4.79 Å². The number of aliphatic hydroxyl groups excluding tert-OH is 1. The van der Waals surface area contributed by atoms with Crippen LogP contribution in [0.3, 0.4) is 0 Å². The van der Waals surface area contributed by atoms with Gasteiger partial charge in [-0.15, -0.1) is 0 Å². The third-order valence-electron chi connectivity index (χ3n) is 1.81. The van der Waals surface area contributed by atoms with Crippen LogP contribution in [-0.4, -0.2) is 23.3 Å². The number of hydrogen-bond donors (Lipinski definition) is 1. The van der Waals surface area contributed by atoms with Crippen molar-refractivity contribution >= 4 is 5.97 Å². The Morgan fingerprint density at radius 3 is 2.73 bits per heavy atom. The average Bonchev–Trinajstić information content (AvgIpc) is 1.77. The highest BCUT2D eigenvalue weighted by molar-refractivity contribution is 5.70. The zero-order valence-corrected chi connectivity index (χ0v) is 6.75. The fourth-order valence-corrected chi connectivity index (χ4v) is 0.964. The first-order valence-electron chi connectivity index (χ1n) is 4.06. The van der Waals surface area contributed by atoms with Crippen molar-refractivity contribution in [2.45, 2.75) is 44.8 Å². The van der Waals surface area contributed by atoms with Crippen molar-refractivity contribution in [1.29, 1.82) is 0 Å². The van der Waals surface area contributed by atoms with E-state index in [0.29, 0.717) is 0 Å². The van der Waals surface area contributed by atoms with Gasteiger partial charge in [0.2, 0.25) is 0 Å². The van der Waals surface area contributed by atoms with Gasteiger partial charge in [0.25, 0.3) is 0 Å². The van der Waals surface area contributed by atoms with E-state index in [1.54, 1.807) is 6.92 Å². The van der Waals surface area contributed by atoms with E-state index in [-0.39, 0.29) is 18.5 Å². The van der Waals surface area contributed by atoms with Gasteiger partial charge in [-0.05, 0) is 26.2 Å². The van der Waals surface area contributed by atoms with Gasteiger partial charge in [0.05, 0.1) is 12.5 Å². The van der Waals surface area contributed by atoms with Crippen molar-refractivity contribution in [2.24, 2.45) is 0 Å². The van der Waals surface area contributed by atoms with Gasteiger partial charge in [0.1, 0.15) is 6.10 Å². The monoisotopic (exact) mass is 158 g/mol. The Hall–Kier alpha value is -0.570. The second-order valence-corrected chi connectivity index (χ2v) is 3.10. The van der Waals surface area contributed by atoms with Gasteiger partial charge in [-0.1, -0.05) is 0 Å². The summed E-state index contributed by atoms with van der Waals surface area (Å²) in [5.74, 6) is -0.273. The number of esters is 1. The van der Waals surface area contributed by atoms with Crippen LogP contribution >= 0.6 is 0 Å². The lowest BCUT2D eigenvalue weighted by Crippen LogP contribution is -2.26. The van der Waals surface area contributed by atoms with Crippen LogP contribution in [0.15, 0.2) is 0 Å². The molecule has 1 atom stereocenters. The first-order chi connectivity index (χ1) is 5.18. The lowest BCUT2D eigenvalue weighted by atomic mass is 9.96. The van der Waals surface area contributed by atoms with Crippen molar-refractivity contribution in [2.75, 3.05) is 0 Å². The van der Waals surface area contributed by atoms with E-state index >= 15 is 0 Å². The summed E-state index contributed by atoms with van der Waals surface area (Å²) in [6, 6.07) is 0. The van der Waals surface area contributed by atoms with Gasteiger partial charge >= 0.3 is 5.97 Å². The van der Waals surface area contributed by atoms with E-state index < -0.39 is 6.10 Å². The number of carbonyl (C=O) groups is 1. The number of rotatable bonds is 3. The Balaban J connectivity index is 2.09. The molecule has 3 heteroatoms. The molecule has 1 rings (SSSR count). The lowest BCUT2D eigenvalue weighted by molar-refractivity contribution is -0.154. The van der Waals surface area contributed by atoms with Crippen molar-refractivity contribution < 1.29 is 14.6 Å². The molecule has 1 aliphatic carbocycles. The maximum absolute atomic E-state index is 10.9. The Bertz CT molecular complexity index is 138. The third-order valence-corrected chi connectivity index (χ3v) is 1.81. The van der Waals surface area contributed by atoms with Crippen LogP contribution in [0.2, 0.25) is 0 Å². The van der Waals surface area contributed by atoms with Gasteiger partial charge in [0, 0.05) is 0 Å². The standard InChI is InChI=1S/C8H14O3/c1-6(9)5-8(10)11-7-3-2-4-7/h6-7,9H,2-5H2,1H3. The molecular weight excluding hydrogens is 144 g/mol. The van der Waals surface area contributed by atoms with Crippen LogP contribution in [0.5, 0.6) is 0 Å². The van der Waals surface area contributed by atoms with Crippen LogP contribution in [0, 0.1) is 0 Å². The molecular formula is C8H14O3. The second-order valence-electron chi connectivity index (χ2n) is 3.10. The fraction of sp³-hybridized carbons (Fsp3) is 0.875. The van der Waals surface area contributed by atoms with Crippen LogP contribution in [0.25, 0.3) is 0 Å². The van der Waals surface area contributed by atoms with Gasteiger partial charge < -0.3 is 9.84 Å². The van der Waals surface area contributed by atoms with E-state index in [9.17, 15) is 4.79 Å². The Kier molecular flexibility index (Phi) is 2.88. The summed E-state index contributed by atoms with van der Waals surface area (Å²) in [6.45, 7) is 1.59. The van der Waals surface area contributed by atoms with Crippen LogP contribution < -0.4 is 0 Å². The highest BCUT2D eigenvalue weighted by Crippen LogP contribution is 2.22. The molecule has 1 aliphatic rings. The van der Waals surface area contributed by atoms with E-state index in [1.807, 2.05) is 0 Å². The molecule has 0 aromatic carbocycles. The summed E-state index contributed by atoms with van der Waals surface area (Å²) in [6.07, 6.45) is 2.82. The molecule has 0 aromatic rings. The molecule has 0 heterocycles. The Morgan fingerprint density at radius 1 is 1.73 bits per heavy atom. The van der Waals surface area contributed by atoms with Gasteiger partial charge in [0.15, 0.2) is 0 Å². The van der Waals surface area contributed by atoms with Crippen molar-refractivity contribution in [3.63, 3.8) is 0 Å². The summed E-state index contributed by atoms with van der Waals surface area (Å²) in [7, 11) is 0. The minimum Gasteiger partial charge on any atom is -0.462 e. The predicted octanol–water partition coefficient (Wildman–Crippen LogP) is 0.853. The maximum Gasteiger partial charge on any atom is 0.308 e. The summed E-state index contributed by atoms with van der Waals surface area (Å²) in [5, 5.41) is 8.83. The summed E-state index contributed by atoms with van der Waals surface area (Å²) >= 11 is 0. The first kappa shape index (κ1) is 8.53. The summed E-state index contributed by atoms with van der Waals surface area (Å²) in [4.78, 5) is 10.9. The lowest BCUT2D eigenvalue weighted by Gasteiger charge is -2.25. The molecule has 64 valence electrons. The number of aliphatic hydroxyl groups is 1. The highest BCUT2D eigenvalue weighted by Gasteiger charge is 2.21. The minimum absolute atomic E-state index is 0.122. The topological polar surface area (TPSA) is 46.5 Å². The van der Waals surface area contributed by atoms with E-state index in [4.69, 9.17) is 9.84 Å². The number of carbonyl (C=O) groups excluding carboxylic acids is 1. The number of hydrogen-bond acceptors (Lipinski definition) is 3. The van der Waals surface area contributed by atoms with Crippen LogP contribution in [0.4, 0.5) is 0 Å². The van der Waals surface area contributed by atoms with Gasteiger partial charge in [-0.2, -0.15) is 0 Å². The van der Waals surface area contributed by atoms with Crippen LogP contribution in [-0.2, 0) is 9.53 Å². The molecule has 1 unspecified atom stereocenters. The smallest absolute Gasteiger partial charge is 0.308 e. The highest BCUT2D eigenvalue weighted by atomic mass is 16.5. The number of ether oxygens (including phenoxy) is 1. The molecule has 3 nitrogen and oxygen atoms in total. The van der Waals surface area contributed by atoms with Crippen LogP contribution in [0.1, 0.15) is 32.6 Å². The van der Waals surface area contributed by atoms with Crippen molar-refractivity contribution in [3.8, 4) is 0 Å². The average molecular weight is 158 g/mol. The zero-order chi connectivity index (χ0) is 8.27. The normalized spacial score (nSPS) is 20.5. The molecule has 1 fully saturated rings. The molecule has 0 radical (unpaired) electrons. The molecule has 11 heavy (non-hydrogen) atoms. The molecule has 1 saturated carbocycles. The SMILES string of the molecule is CC(O)CC(=O)OC1CCC1. The second kappa shape index (κ2) is 3.72. The van der Waals surface area contributed by atoms with E-state index in [2.05, 4.69) is 0 Å². The molecule has 0 amide bonds. The third kappa shape index (κ3) is 2.89. The predicted molar refractivity (Wildman–Crippen MR) is 40.0 cm³/mol. The fourth-order valence-electron chi connectivity index (χ4n) is 0.964. The molecule has 0 saturated heterocycles. The van der Waals surface area contributed by atoms with Crippen molar-refractivity contribution in [1.82, 2.24) is 0 Å². The quantitative estimate of drug-likeness (QED) is 0.619. The van der Waals surface area contributed by atoms with E-state index in [1.165, 1.54) is 0 Å². The maximum atomic E-state index is 10.9. The summed E-state index contributed by atoms with van der Waals surface area (Å²) in [5.41, 5.74) is 0. The molecule has 0 bridgehead atoms. The Morgan fingerprint density at radius 2 is 2.36 bits per heavy atom. The molecule has 0 spiro atoms.